The van der Waals surface area contributed by atoms with E-state index >= 15 is 0 Å². The number of nitrogens with zero attached hydrogens (tertiary/aromatic N) is 2. The summed E-state index contributed by atoms with van der Waals surface area (Å²) in [6.45, 7) is 0. The molecule has 0 radical (unpaired) electrons. The van der Waals surface area contributed by atoms with Crippen LogP contribution in [0, 0.1) is 10.1 Å². The molecule has 0 aliphatic carbocycles. The molecule has 1 aromatic rings. The van der Waals surface area contributed by atoms with Gasteiger partial charge in [0.2, 0.25) is 15.8 Å². The summed E-state index contributed by atoms with van der Waals surface area (Å²) in [5.41, 5.74) is 2.93. The molecular weight excluding hydrogens is 262 g/mol. The molecule has 8 nitrogen and oxygen atoms in total. The molecule has 0 aromatic carbocycles. The zero-order valence-electron chi connectivity index (χ0n) is 8.00. The molecule has 0 spiro atoms. The lowest BCUT2D eigenvalue weighted by Crippen LogP contribution is -2.17. The normalized spacial score (nSPS) is 11.8. The smallest absolute Gasteiger partial charge is 0.331 e. The number of halogens is 2. The second-order valence-electron chi connectivity index (χ2n) is 2.88. The molecule has 0 saturated heterocycles. The Bertz CT molecular complexity index is 574. The van der Waals surface area contributed by atoms with Crippen molar-refractivity contribution in [1.82, 2.24) is 4.98 Å². The van der Waals surface area contributed by atoms with Gasteiger partial charge in [0, 0.05) is 0 Å². The summed E-state index contributed by atoms with van der Waals surface area (Å²) >= 11 is 0. The van der Waals surface area contributed by atoms with E-state index in [0.29, 0.717) is 6.07 Å². The number of anilines is 1. The highest BCUT2D eigenvalue weighted by Gasteiger charge is 2.29. The number of nitrogens with two attached hydrogens (primary N) is 2. The van der Waals surface area contributed by atoms with Gasteiger partial charge in [0.15, 0.2) is 4.90 Å². The maximum Gasteiger partial charge on any atom is 0.331 e. The number of nitrogen functional groups attached to an aromatic ring is 1. The average Bonchev–Trinajstić information content (AvgIpc) is 2.14. The van der Waals surface area contributed by atoms with E-state index in [9.17, 15) is 27.3 Å². The quantitative estimate of drug-likeness (QED) is 0.590. The van der Waals surface area contributed by atoms with Crippen LogP contribution < -0.4 is 10.9 Å². The number of hydrogen-bond donors (Lipinski definition) is 2. The minimum atomic E-state index is -4.55. The Labute approximate surface area is 93.4 Å². The number of sulfonamides is 1. The van der Waals surface area contributed by atoms with Gasteiger partial charge in [-0.2, -0.15) is 0 Å². The number of primary sulfonamides is 1. The minimum absolute atomic E-state index is 0.328. The number of aromatic nitrogens is 1. The summed E-state index contributed by atoms with van der Waals surface area (Å²) in [5.74, 6) is -0.933. The number of pyridine rings is 1. The monoisotopic (exact) mass is 268 g/mol. The van der Waals surface area contributed by atoms with E-state index < -0.39 is 43.5 Å². The van der Waals surface area contributed by atoms with Crippen molar-refractivity contribution in [1.29, 1.82) is 0 Å². The van der Waals surface area contributed by atoms with Crippen LogP contribution in [0.1, 0.15) is 12.1 Å². The summed E-state index contributed by atoms with van der Waals surface area (Å²) in [5, 5.41) is 15.2. The van der Waals surface area contributed by atoms with E-state index in [2.05, 4.69) is 10.1 Å². The minimum Gasteiger partial charge on any atom is -0.378 e. The molecule has 0 saturated carbocycles. The van der Waals surface area contributed by atoms with Gasteiger partial charge in [-0.3, -0.25) is 10.1 Å². The van der Waals surface area contributed by atoms with Crippen LogP contribution in [0.2, 0.25) is 0 Å². The van der Waals surface area contributed by atoms with E-state index in [-0.39, 0.29) is 0 Å². The molecule has 0 fully saturated rings. The van der Waals surface area contributed by atoms with E-state index in [1.807, 2.05) is 0 Å². The molecule has 0 aliphatic rings. The van der Waals surface area contributed by atoms with Crippen LogP contribution in [-0.2, 0) is 10.0 Å². The Morgan fingerprint density at radius 2 is 2.00 bits per heavy atom. The largest absolute Gasteiger partial charge is 0.378 e. The first-order chi connectivity index (χ1) is 7.64. The Kier molecular flexibility index (Phi) is 3.24. The van der Waals surface area contributed by atoms with Crippen molar-refractivity contribution in [3.05, 3.63) is 21.9 Å². The fourth-order valence-electron chi connectivity index (χ4n) is 1.07. The third-order valence-electron chi connectivity index (χ3n) is 1.72. The maximum absolute atomic E-state index is 12.3. The molecule has 1 heterocycles. The van der Waals surface area contributed by atoms with E-state index in [1.165, 1.54) is 0 Å². The van der Waals surface area contributed by atoms with Gasteiger partial charge < -0.3 is 5.73 Å². The molecule has 1 aromatic heterocycles. The van der Waals surface area contributed by atoms with Crippen molar-refractivity contribution in [2.45, 2.75) is 11.3 Å². The van der Waals surface area contributed by atoms with E-state index in [1.54, 1.807) is 0 Å². The third-order valence-corrected chi connectivity index (χ3v) is 2.64. The van der Waals surface area contributed by atoms with Gasteiger partial charge in [-0.25, -0.2) is 27.3 Å². The highest BCUT2D eigenvalue weighted by molar-refractivity contribution is 7.89. The standard InChI is InChI=1S/C6H6F2N4O4S/c7-5(8)2-1-3(17(10,15)16)4(12(13)14)6(9)11-2/h1,5H,(H2,9,11)(H2,10,15,16). The second kappa shape index (κ2) is 4.18. The van der Waals surface area contributed by atoms with Crippen LogP contribution in [-0.4, -0.2) is 18.3 Å². The molecule has 17 heavy (non-hydrogen) atoms. The Morgan fingerprint density at radius 3 is 2.35 bits per heavy atom. The van der Waals surface area contributed by atoms with Crippen molar-refractivity contribution < 1.29 is 22.1 Å². The topological polar surface area (TPSA) is 142 Å². The second-order valence-corrected chi connectivity index (χ2v) is 4.41. The highest BCUT2D eigenvalue weighted by atomic mass is 32.2. The van der Waals surface area contributed by atoms with Crippen molar-refractivity contribution in [3.63, 3.8) is 0 Å². The molecular formula is C6H6F2N4O4S. The lowest BCUT2D eigenvalue weighted by molar-refractivity contribution is -0.387. The first-order valence-corrected chi connectivity index (χ1v) is 5.45. The molecule has 0 aliphatic heterocycles. The number of nitro groups is 1. The highest BCUT2D eigenvalue weighted by Crippen LogP contribution is 2.31. The van der Waals surface area contributed by atoms with Gasteiger partial charge in [0.1, 0.15) is 5.69 Å². The zero-order chi connectivity index (χ0) is 13.4. The van der Waals surface area contributed by atoms with E-state index in [4.69, 9.17) is 5.73 Å². The molecule has 1 rings (SSSR count). The fraction of sp³-hybridized carbons (Fsp3) is 0.167. The SMILES string of the molecule is Nc1nc(C(F)F)cc(S(N)(=O)=O)c1[N+](=O)[O-]. The third kappa shape index (κ3) is 2.62. The van der Waals surface area contributed by atoms with E-state index in [0.717, 1.165) is 0 Å². The first-order valence-electron chi connectivity index (χ1n) is 3.90. The maximum atomic E-state index is 12.3. The molecule has 11 heteroatoms. The molecule has 4 N–H and O–H groups in total. The average molecular weight is 268 g/mol. The summed E-state index contributed by atoms with van der Waals surface area (Å²) in [6, 6.07) is 0.328. The van der Waals surface area contributed by atoms with Crippen molar-refractivity contribution in [2.75, 3.05) is 5.73 Å². The van der Waals surface area contributed by atoms with Crippen LogP contribution in [0.15, 0.2) is 11.0 Å². The van der Waals surface area contributed by atoms with Crippen LogP contribution in [0.5, 0.6) is 0 Å². The first kappa shape index (κ1) is 13.2. The Morgan fingerprint density at radius 1 is 1.47 bits per heavy atom. The number of hydrogen-bond acceptors (Lipinski definition) is 6. The summed E-state index contributed by atoms with van der Waals surface area (Å²) in [4.78, 5) is 11.3. The molecule has 0 unspecified atom stereocenters. The fourth-order valence-corrected chi connectivity index (χ4v) is 1.80. The Balaban J connectivity index is 3.69. The van der Waals surface area contributed by atoms with Crippen LogP contribution >= 0.6 is 0 Å². The molecule has 94 valence electrons. The number of rotatable bonds is 3. The van der Waals surface area contributed by atoms with Gasteiger partial charge in [-0.15, -0.1) is 0 Å². The summed E-state index contributed by atoms with van der Waals surface area (Å²) < 4.78 is 46.7. The molecule has 0 bridgehead atoms. The summed E-state index contributed by atoms with van der Waals surface area (Å²) in [6.07, 6.45) is -3.13. The van der Waals surface area contributed by atoms with Crippen molar-refractivity contribution >= 4 is 21.5 Å². The number of alkyl halides is 2. The lowest BCUT2D eigenvalue weighted by Gasteiger charge is -2.05. The Hall–Kier alpha value is -1.88. The van der Waals surface area contributed by atoms with Crippen molar-refractivity contribution in [3.8, 4) is 0 Å². The van der Waals surface area contributed by atoms with Crippen LogP contribution in [0.4, 0.5) is 20.3 Å². The predicted octanol–water partition coefficient (Wildman–Crippen LogP) is 0.157. The van der Waals surface area contributed by atoms with Crippen LogP contribution in [0.25, 0.3) is 0 Å². The van der Waals surface area contributed by atoms with Gasteiger partial charge in [0.25, 0.3) is 6.43 Å². The lowest BCUT2D eigenvalue weighted by atomic mass is 10.3. The van der Waals surface area contributed by atoms with Gasteiger partial charge >= 0.3 is 5.69 Å². The predicted molar refractivity (Wildman–Crippen MR) is 51.6 cm³/mol. The van der Waals surface area contributed by atoms with Gasteiger partial charge in [-0.1, -0.05) is 0 Å². The van der Waals surface area contributed by atoms with Gasteiger partial charge in [-0.05, 0) is 6.07 Å². The van der Waals surface area contributed by atoms with Crippen molar-refractivity contribution in [2.24, 2.45) is 5.14 Å². The molecule has 0 amide bonds. The van der Waals surface area contributed by atoms with Gasteiger partial charge in [0.05, 0.1) is 4.92 Å². The van der Waals surface area contributed by atoms with Crippen LogP contribution in [0.3, 0.4) is 0 Å². The molecule has 0 atom stereocenters. The summed E-state index contributed by atoms with van der Waals surface area (Å²) in [7, 11) is -4.55. The zero-order valence-corrected chi connectivity index (χ0v) is 8.82.